The molecule has 0 aliphatic heterocycles. The van der Waals surface area contributed by atoms with E-state index in [1.165, 1.54) is 11.1 Å². The van der Waals surface area contributed by atoms with Crippen molar-refractivity contribution in [1.82, 2.24) is 10.6 Å². The van der Waals surface area contributed by atoms with Crippen molar-refractivity contribution in [1.29, 1.82) is 0 Å². The van der Waals surface area contributed by atoms with Gasteiger partial charge in [-0.25, -0.2) is 0 Å². The van der Waals surface area contributed by atoms with Crippen LogP contribution >= 0.6 is 0 Å². The smallest absolute Gasteiger partial charge is 0.221 e. The molecule has 100 valence electrons. The number of rotatable bonds is 7. The molecule has 0 bridgehead atoms. The standard InChI is InChI=1S/C15H24N2O/c1-12(2)10-17-15(18)8-9-16-11-14-6-4-13(3)5-7-14/h4-7,12,16H,8-11H2,1-3H3,(H,17,18). The molecule has 0 spiro atoms. The maximum Gasteiger partial charge on any atom is 0.221 e. The van der Waals surface area contributed by atoms with Crippen LogP contribution < -0.4 is 10.6 Å². The van der Waals surface area contributed by atoms with Crippen LogP contribution in [0.3, 0.4) is 0 Å². The highest BCUT2D eigenvalue weighted by Crippen LogP contribution is 2.02. The summed E-state index contributed by atoms with van der Waals surface area (Å²) in [6.45, 7) is 8.56. The van der Waals surface area contributed by atoms with Gasteiger partial charge in [-0.2, -0.15) is 0 Å². The Morgan fingerprint density at radius 3 is 2.50 bits per heavy atom. The number of nitrogens with one attached hydrogen (secondary N) is 2. The predicted octanol–water partition coefficient (Wildman–Crippen LogP) is 2.25. The van der Waals surface area contributed by atoms with Crippen molar-refractivity contribution in [3.63, 3.8) is 0 Å². The van der Waals surface area contributed by atoms with E-state index in [4.69, 9.17) is 0 Å². The van der Waals surface area contributed by atoms with E-state index in [1.54, 1.807) is 0 Å². The molecule has 1 rings (SSSR count). The van der Waals surface area contributed by atoms with E-state index in [1.807, 2.05) is 0 Å². The molecule has 18 heavy (non-hydrogen) atoms. The third-order valence-electron chi connectivity index (χ3n) is 2.69. The van der Waals surface area contributed by atoms with E-state index >= 15 is 0 Å². The van der Waals surface area contributed by atoms with Gasteiger partial charge in [-0.05, 0) is 18.4 Å². The van der Waals surface area contributed by atoms with E-state index in [9.17, 15) is 4.79 Å². The number of aryl methyl sites for hydroxylation is 1. The summed E-state index contributed by atoms with van der Waals surface area (Å²) in [5.74, 6) is 0.634. The first-order valence-electron chi connectivity index (χ1n) is 6.61. The molecule has 0 saturated heterocycles. The highest BCUT2D eigenvalue weighted by molar-refractivity contribution is 5.76. The molecule has 0 radical (unpaired) electrons. The first kappa shape index (κ1) is 14.7. The zero-order valence-corrected chi connectivity index (χ0v) is 11.6. The molecule has 3 nitrogen and oxygen atoms in total. The van der Waals surface area contributed by atoms with Gasteiger partial charge < -0.3 is 10.6 Å². The summed E-state index contributed by atoms with van der Waals surface area (Å²) in [6, 6.07) is 8.43. The Kier molecular flexibility index (Phi) is 6.44. The Balaban J connectivity index is 2.11. The van der Waals surface area contributed by atoms with Crippen molar-refractivity contribution in [3.05, 3.63) is 35.4 Å². The van der Waals surface area contributed by atoms with Gasteiger partial charge >= 0.3 is 0 Å². The fraction of sp³-hybridized carbons (Fsp3) is 0.533. The van der Waals surface area contributed by atoms with Crippen molar-refractivity contribution in [2.45, 2.75) is 33.7 Å². The molecule has 2 N–H and O–H groups in total. The van der Waals surface area contributed by atoms with Crippen LogP contribution in [0.1, 0.15) is 31.4 Å². The molecule has 3 heteroatoms. The molecule has 0 aliphatic carbocycles. The van der Waals surface area contributed by atoms with Crippen molar-refractivity contribution < 1.29 is 4.79 Å². The highest BCUT2D eigenvalue weighted by atomic mass is 16.1. The normalized spacial score (nSPS) is 10.7. The molecule has 0 saturated carbocycles. The summed E-state index contributed by atoms with van der Waals surface area (Å²) < 4.78 is 0. The van der Waals surface area contributed by atoms with Crippen LogP contribution in [-0.4, -0.2) is 19.0 Å². The lowest BCUT2D eigenvalue weighted by molar-refractivity contribution is -0.121. The van der Waals surface area contributed by atoms with E-state index in [2.05, 4.69) is 55.7 Å². The van der Waals surface area contributed by atoms with Gasteiger partial charge in [-0.3, -0.25) is 4.79 Å². The van der Waals surface area contributed by atoms with Crippen LogP contribution in [0.25, 0.3) is 0 Å². The minimum absolute atomic E-state index is 0.125. The molecule has 0 heterocycles. The molecule has 0 fully saturated rings. The van der Waals surface area contributed by atoms with Crippen LogP contribution in [0.15, 0.2) is 24.3 Å². The van der Waals surface area contributed by atoms with E-state index in [-0.39, 0.29) is 5.91 Å². The third kappa shape index (κ3) is 6.40. The summed E-state index contributed by atoms with van der Waals surface area (Å²) in [6.07, 6.45) is 0.540. The van der Waals surface area contributed by atoms with Gasteiger partial charge in [0.1, 0.15) is 0 Å². The SMILES string of the molecule is Cc1ccc(CNCCC(=O)NCC(C)C)cc1. The quantitative estimate of drug-likeness (QED) is 0.727. The van der Waals surface area contributed by atoms with Crippen molar-refractivity contribution in [2.24, 2.45) is 5.92 Å². The number of carbonyl (C=O) groups is 1. The molecule has 0 aliphatic rings. The van der Waals surface area contributed by atoms with E-state index < -0.39 is 0 Å². The molecular weight excluding hydrogens is 224 g/mol. The second-order valence-electron chi connectivity index (χ2n) is 5.11. The Morgan fingerprint density at radius 2 is 1.89 bits per heavy atom. The third-order valence-corrected chi connectivity index (χ3v) is 2.69. The molecule has 0 aromatic heterocycles. The largest absolute Gasteiger partial charge is 0.356 e. The Labute approximate surface area is 110 Å². The summed E-state index contributed by atoms with van der Waals surface area (Å²) in [4.78, 5) is 11.5. The number of hydrogen-bond acceptors (Lipinski definition) is 2. The lowest BCUT2D eigenvalue weighted by Gasteiger charge is -2.08. The van der Waals surface area contributed by atoms with Crippen LogP contribution in [0.4, 0.5) is 0 Å². The van der Waals surface area contributed by atoms with E-state index in [0.717, 1.165) is 19.6 Å². The highest BCUT2D eigenvalue weighted by Gasteiger charge is 2.01. The topological polar surface area (TPSA) is 41.1 Å². The van der Waals surface area contributed by atoms with Gasteiger partial charge in [0.05, 0.1) is 0 Å². The van der Waals surface area contributed by atoms with Crippen LogP contribution in [0.2, 0.25) is 0 Å². The number of amides is 1. The molecule has 1 aromatic rings. The van der Waals surface area contributed by atoms with Crippen molar-refractivity contribution >= 4 is 5.91 Å². The average Bonchev–Trinajstić information content (AvgIpc) is 2.34. The average molecular weight is 248 g/mol. The molecule has 1 amide bonds. The molecule has 1 aromatic carbocycles. The monoisotopic (exact) mass is 248 g/mol. The zero-order chi connectivity index (χ0) is 13.4. The summed E-state index contributed by atoms with van der Waals surface area (Å²) in [5, 5.41) is 6.19. The van der Waals surface area contributed by atoms with Crippen molar-refractivity contribution in [2.75, 3.05) is 13.1 Å². The van der Waals surface area contributed by atoms with Crippen LogP contribution in [0, 0.1) is 12.8 Å². The minimum atomic E-state index is 0.125. The minimum Gasteiger partial charge on any atom is -0.356 e. The maximum atomic E-state index is 11.5. The first-order chi connectivity index (χ1) is 8.58. The summed E-state index contributed by atoms with van der Waals surface area (Å²) in [7, 11) is 0. The maximum absolute atomic E-state index is 11.5. The first-order valence-corrected chi connectivity index (χ1v) is 6.61. The fourth-order valence-electron chi connectivity index (χ4n) is 1.55. The van der Waals surface area contributed by atoms with Crippen LogP contribution in [0.5, 0.6) is 0 Å². The van der Waals surface area contributed by atoms with Gasteiger partial charge in [0, 0.05) is 26.1 Å². The number of benzene rings is 1. The Morgan fingerprint density at radius 1 is 1.22 bits per heavy atom. The Bertz CT molecular complexity index is 357. The van der Waals surface area contributed by atoms with Crippen molar-refractivity contribution in [3.8, 4) is 0 Å². The summed E-state index contributed by atoms with van der Waals surface area (Å²) in [5.41, 5.74) is 2.52. The number of hydrogen-bond donors (Lipinski definition) is 2. The van der Waals surface area contributed by atoms with Gasteiger partial charge in [0.15, 0.2) is 0 Å². The van der Waals surface area contributed by atoms with Gasteiger partial charge in [-0.1, -0.05) is 43.7 Å². The lowest BCUT2D eigenvalue weighted by Crippen LogP contribution is -2.30. The van der Waals surface area contributed by atoms with Gasteiger partial charge in [-0.15, -0.1) is 0 Å². The Hall–Kier alpha value is -1.35. The summed E-state index contributed by atoms with van der Waals surface area (Å²) >= 11 is 0. The second-order valence-corrected chi connectivity index (χ2v) is 5.11. The lowest BCUT2D eigenvalue weighted by atomic mass is 10.1. The fourth-order valence-corrected chi connectivity index (χ4v) is 1.55. The molecule has 0 atom stereocenters. The number of carbonyl (C=O) groups excluding carboxylic acids is 1. The van der Waals surface area contributed by atoms with E-state index in [0.29, 0.717) is 12.3 Å². The van der Waals surface area contributed by atoms with Gasteiger partial charge in [0.25, 0.3) is 0 Å². The zero-order valence-electron chi connectivity index (χ0n) is 11.6. The van der Waals surface area contributed by atoms with Crippen LogP contribution in [-0.2, 0) is 11.3 Å². The molecule has 0 unspecified atom stereocenters. The predicted molar refractivity (Wildman–Crippen MR) is 75.4 cm³/mol. The second kappa shape index (κ2) is 7.88. The van der Waals surface area contributed by atoms with Gasteiger partial charge in [0.2, 0.25) is 5.91 Å². The molecular formula is C15H24N2O.